The Bertz CT molecular complexity index is 1150. The number of aromatic nitrogens is 2. The van der Waals surface area contributed by atoms with E-state index in [9.17, 15) is 19.6 Å². The van der Waals surface area contributed by atoms with Gasteiger partial charge in [-0.05, 0) is 53.4 Å². The Labute approximate surface area is 249 Å². The van der Waals surface area contributed by atoms with Crippen LogP contribution in [0.2, 0.25) is 10.0 Å². The lowest BCUT2D eigenvalue weighted by Crippen LogP contribution is -2.36. The van der Waals surface area contributed by atoms with E-state index in [4.69, 9.17) is 33.0 Å². The highest BCUT2D eigenvalue weighted by Crippen LogP contribution is 2.35. The number of amides is 2. The lowest BCUT2D eigenvalue weighted by atomic mass is 10.2. The third-order valence-electron chi connectivity index (χ3n) is 5.78. The van der Waals surface area contributed by atoms with Gasteiger partial charge in [0.2, 0.25) is 6.41 Å². The molecule has 4 N–H and O–H groups in total. The summed E-state index contributed by atoms with van der Waals surface area (Å²) in [5.41, 5.74) is 0.995. The number of carbonyl (C=O) groups excluding carboxylic acids is 3. The van der Waals surface area contributed by atoms with E-state index in [1.807, 2.05) is 32.6 Å². The minimum atomic E-state index is -0.855. The molecule has 0 aliphatic heterocycles. The number of rotatable bonds is 12. The molecule has 2 aromatic heterocycles. The minimum Gasteiger partial charge on any atom is -0.462 e. The van der Waals surface area contributed by atoms with Crippen molar-refractivity contribution in [3.63, 3.8) is 0 Å². The molecule has 222 valence electrons. The molecule has 0 bridgehead atoms. The minimum absolute atomic E-state index is 0.00913. The first-order valence-corrected chi connectivity index (χ1v) is 14.4. The number of H-pyrrole nitrogens is 1. The number of anilines is 1. The monoisotopic (exact) mass is 616 g/mol. The van der Waals surface area contributed by atoms with E-state index in [2.05, 4.69) is 26.7 Å². The van der Waals surface area contributed by atoms with Gasteiger partial charge < -0.3 is 30.4 Å². The number of esters is 1. The zero-order chi connectivity index (χ0) is 30.5. The van der Waals surface area contributed by atoms with Crippen LogP contribution in [-0.4, -0.2) is 71.7 Å². The maximum atomic E-state index is 12.7. The molecule has 1 fully saturated rings. The molecule has 1 aliphatic rings. The highest BCUT2D eigenvalue weighted by atomic mass is 35.5. The molecule has 0 saturated heterocycles. The molecule has 0 aromatic carbocycles. The number of aromatic amines is 1. The van der Waals surface area contributed by atoms with E-state index in [1.54, 1.807) is 6.92 Å². The van der Waals surface area contributed by atoms with Crippen LogP contribution in [0, 0.1) is 25.2 Å². The van der Waals surface area contributed by atoms with Crippen LogP contribution >= 0.6 is 34.5 Å². The summed E-state index contributed by atoms with van der Waals surface area (Å²) in [6.07, 6.45) is 3.38. The van der Waals surface area contributed by atoms with E-state index >= 15 is 0 Å². The van der Waals surface area contributed by atoms with Gasteiger partial charge in [0, 0.05) is 37.6 Å². The number of hydrogen-bond donors (Lipinski definition) is 4. The van der Waals surface area contributed by atoms with Crippen LogP contribution in [0.1, 0.15) is 78.0 Å². The summed E-state index contributed by atoms with van der Waals surface area (Å²) in [4.78, 5) is 45.3. The highest BCUT2D eigenvalue weighted by molar-refractivity contribution is 7.17. The molecule has 1 saturated carbocycles. The maximum Gasteiger partial charge on any atom is 0.350 e. The molecule has 0 unspecified atom stereocenters. The first-order chi connectivity index (χ1) is 19.0. The van der Waals surface area contributed by atoms with Crippen LogP contribution in [0.25, 0.3) is 0 Å². The Hall–Kier alpha value is -2.85. The van der Waals surface area contributed by atoms with Gasteiger partial charge in [-0.2, -0.15) is 5.26 Å². The van der Waals surface area contributed by atoms with Gasteiger partial charge >= 0.3 is 5.97 Å². The second-order valence-electron chi connectivity index (χ2n) is 9.01. The number of aliphatic hydroxyl groups excluding tert-OH is 1. The van der Waals surface area contributed by atoms with Crippen molar-refractivity contribution in [3.05, 3.63) is 32.0 Å². The van der Waals surface area contributed by atoms with Gasteiger partial charge in [0.05, 0.1) is 22.7 Å². The van der Waals surface area contributed by atoms with Gasteiger partial charge in [-0.25, -0.2) is 9.78 Å². The molecule has 2 heterocycles. The van der Waals surface area contributed by atoms with Crippen molar-refractivity contribution in [3.8, 4) is 6.07 Å². The average molecular weight is 618 g/mol. The fourth-order valence-electron chi connectivity index (χ4n) is 3.44. The molecule has 40 heavy (non-hydrogen) atoms. The molecule has 3 rings (SSSR count). The molecule has 2 amide bonds. The van der Waals surface area contributed by atoms with Crippen LogP contribution in [0.3, 0.4) is 0 Å². The zero-order valence-electron chi connectivity index (χ0n) is 23.7. The number of thiazole rings is 1. The molecule has 1 aliphatic carbocycles. The molecule has 0 radical (unpaired) electrons. The van der Waals surface area contributed by atoms with Crippen molar-refractivity contribution < 1.29 is 24.2 Å². The summed E-state index contributed by atoms with van der Waals surface area (Å²) in [6.45, 7) is 10.9. The predicted octanol–water partition coefficient (Wildman–Crippen LogP) is 4.39. The van der Waals surface area contributed by atoms with Crippen molar-refractivity contribution >= 4 is 58.0 Å². The molecule has 11 nitrogen and oxygen atoms in total. The van der Waals surface area contributed by atoms with Gasteiger partial charge in [-0.1, -0.05) is 41.5 Å². The summed E-state index contributed by atoms with van der Waals surface area (Å²) >= 11 is 12.6. The number of aliphatic hydroxyl groups is 1. The number of hydrogen-bond acceptors (Lipinski definition) is 9. The second-order valence-corrected chi connectivity index (χ2v) is 10.7. The zero-order valence-corrected chi connectivity index (χ0v) is 26.0. The molecule has 14 heteroatoms. The van der Waals surface area contributed by atoms with Crippen molar-refractivity contribution in [1.82, 2.24) is 20.6 Å². The second kappa shape index (κ2) is 17.1. The summed E-state index contributed by atoms with van der Waals surface area (Å²) in [6, 6.07) is 2.09. The lowest BCUT2D eigenvalue weighted by Gasteiger charge is -2.22. The third kappa shape index (κ3) is 9.96. The largest absolute Gasteiger partial charge is 0.462 e. The molecular weight excluding hydrogens is 579 g/mol. The topological polar surface area (TPSA) is 160 Å². The standard InChI is InChI=1S/C19H27N5O4S.C6H7Cl2N.CH4O/c1-4-9-24(10-6-13(3)21-12-25)18-22-14(15(29-18)17(27)28-5-2)16(26)23-19(11-20)7-8-19;1-3-5(7)6(8)4(2)9-3;1-2/h12-13H,4-10H2,1-3H3,(H,21,25)(H,23,26);9H,1-2H3;2H,1H3/t13-;;/m1../s1. The number of ether oxygens (including phenoxy) is 1. The first kappa shape index (κ1) is 35.2. The summed E-state index contributed by atoms with van der Waals surface area (Å²) in [5, 5.41) is 23.4. The Morgan fingerprint density at radius 3 is 2.27 bits per heavy atom. The molecule has 1 atom stereocenters. The van der Waals surface area contributed by atoms with Crippen LogP contribution < -0.4 is 15.5 Å². The lowest BCUT2D eigenvalue weighted by molar-refractivity contribution is -0.110. The Kier molecular flexibility index (Phi) is 15.0. The first-order valence-electron chi connectivity index (χ1n) is 12.8. The number of aryl methyl sites for hydroxylation is 2. The number of nitriles is 1. The fraction of sp³-hybridized carbons (Fsp3) is 0.577. The number of halogens is 2. The Morgan fingerprint density at radius 1 is 1.25 bits per heavy atom. The highest BCUT2D eigenvalue weighted by Gasteiger charge is 2.45. The van der Waals surface area contributed by atoms with Crippen LogP contribution in [0.4, 0.5) is 5.13 Å². The van der Waals surface area contributed by atoms with E-state index < -0.39 is 17.4 Å². The van der Waals surface area contributed by atoms with Crippen LogP contribution in [0.5, 0.6) is 0 Å². The van der Waals surface area contributed by atoms with Crippen molar-refractivity contribution in [2.75, 3.05) is 31.7 Å². The predicted molar refractivity (Wildman–Crippen MR) is 157 cm³/mol. The quantitative estimate of drug-likeness (QED) is 0.202. The fourth-order valence-corrected chi connectivity index (χ4v) is 4.83. The van der Waals surface area contributed by atoms with Gasteiger partial charge in [0.25, 0.3) is 5.91 Å². The van der Waals surface area contributed by atoms with E-state index in [0.717, 1.165) is 36.3 Å². The summed E-state index contributed by atoms with van der Waals surface area (Å²) in [5.74, 6) is -1.14. The van der Waals surface area contributed by atoms with E-state index in [1.165, 1.54) is 0 Å². The summed E-state index contributed by atoms with van der Waals surface area (Å²) < 4.78 is 5.09. The summed E-state index contributed by atoms with van der Waals surface area (Å²) in [7, 11) is 1.00. The Balaban J connectivity index is 0.000000609. The molecular formula is C26H38Cl2N6O5S. The maximum absolute atomic E-state index is 12.7. The molecule has 0 spiro atoms. The van der Waals surface area contributed by atoms with Crippen molar-refractivity contribution in [2.24, 2.45) is 0 Å². The van der Waals surface area contributed by atoms with Crippen molar-refractivity contribution in [2.45, 2.75) is 71.9 Å². The van der Waals surface area contributed by atoms with Crippen LogP contribution in [0.15, 0.2) is 0 Å². The third-order valence-corrected chi connectivity index (χ3v) is 7.92. The van der Waals surface area contributed by atoms with E-state index in [0.29, 0.717) is 53.9 Å². The van der Waals surface area contributed by atoms with Gasteiger partial charge in [-0.15, -0.1) is 0 Å². The average Bonchev–Trinajstić information content (AvgIpc) is 3.50. The van der Waals surface area contributed by atoms with Gasteiger partial charge in [-0.3, -0.25) is 9.59 Å². The smallest absolute Gasteiger partial charge is 0.350 e. The normalized spacial score (nSPS) is 13.3. The molecule has 2 aromatic rings. The van der Waals surface area contributed by atoms with Gasteiger partial charge in [0.1, 0.15) is 10.4 Å². The SMILES string of the molecule is CCCN(CC[C@@H](C)NC=O)c1nc(C(=O)NC2(C#N)CC2)c(C(=O)OCC)s1.CO.Cc1[nH]c(C)c(Cl)c1Cl. The number of nitrogens with one attached hydrogen (secondary N) is 3. The Morgan fingerprint density at radius 2 is 1.85 bits per heavy atom. The van der Waals surface area contributed by atoms with Crippen LogP contribution in [-0.2, 0) is 9.53 Å². The van der Waals surface area contributed by atoms with E-state index in [-0.39, 0.29) is 23.2 Å². The number of nitrogens with zero attached hydrogens (tertiary/aromatic N) is 3. The van der Waals surface area contributed by atoms with Crippen molar-refractivity contribution in [1.29, 1.82) is 5.26 Å². The van der Waals surface area contributed by atoms with Gasteiger partial charge in [0.15, 0.2) is 10.8 Å². The number of carbonyl (C=O) groups is 3.